The molecule has 10 heteroatoms. The Kier molecular flexibility index (Phi) is 10.3. The summed E-state index contributed by atoms with van der Waals surface area (Å²) in [6.07, 6.45) is 2.25. The lowest BCUT2D eigenvalue weighted by Gasteiger charge is -2.35. The van der Waals surface area contributed by atoms with Crippen LogP contribution in [0, 0.1) is 0 Å². The molecule has 0 radical (unpaired) electrons. The molecule has 202 valence electrons. The summed E-state index contributed by atoms with van der Waals surface area (Å²) in [5.74, 6) is 1.05. The second-order valence-corrected chi connectivity index (χ2v) is 10.2. The van der Waals surface area contributed by atoms with E-state index < -0.39 is 12.2 Å². The van der Waals surface area contributed by atoms with Gasteiger partial charge in [0.2, 0.25) is 0 Å². The van der Waals surface area contributed by atoms with Crippen molar-refractivity contribution in [1.29, 1.82) is 0 Å². The van der Waals surface area contributed by atoms with Gasteiger partial charge in [-0.15, -0.1) is 0 Å². The first-order valence-corrected chi connectivity index (χ1v) is 13.1. The van der Waals surface area contributed by atoms with E-state index in [9.17, 15) is 9.59 Å². The predicted octanol–water partition coefficient (Wildman–Crippen LogP) is 5.76. The first-order valence-electron chi connectivity index (χ1n) is 12.4. The van der Waals surface area contributed by atoms with E-state index in [0.29, 0.717) is 34.6 Å². The molecule has 37 heavy (non-hydrogen) atoms. The van der Waals surface area contributed by atoms with Gasteiger partial charge >= 0.3 is 12.2 Å². The minimum Gasteiger partial charge on any atom is -0.489 e. The minimum atomic E-state index is -0.538. The van der Waals surface area contributed by atoms with Crippen LogP contribution in [-0.4, -0.2) is 80.8 Å². The van der Waals surface area contributed by atoms with Gasteiger partial charge in [0, 0.05) is 46.3 Å². The van der Waals surface area contributed by atoms with Crippen molar-refractivity contribution in [2.45, 2.75) is 38.6 Å². The number of halogens is 2. The minimum absolute atomic E-state index is 0.238. The van der Waals surface area contributed by atoms with Crippen LogP contribution in [0.2, 0.25) is 10.0 Å². The molecule has 0 saturated heterocycles. The second-order valence-electron chi connectivity index (χ2n) is 9.39. The third kappa shape index (κ3) is 7.43. The summed E-state index contributed by atoms with van der Waals surface area (Å²) in [5.41, 5.74) is 1.96. The highest BCUT2D eigenvalue weighted by Crippen LogP contribution is 2.39. The van der Waals surface area contributed by atoms with Gasteiger partial charge in [0.1, 0.15) is 6.61 Å². The van der Waals surface area contributed by atoms with Crippen molar-refractivity contribution in [3.63, 3.8) is 0 Å². The Morgan fingerprint density at radius 2 is 1.57 bits per heavy atom. The van der Waals surface area contributed by atoms with Crippen molar-refractivity contribution in [2.24, 2.45) is 0 Å². The maximum atomic E-state index is 12.4. The average Bonchev–Trinajstić information content (AvgIpc) is 2.85. The van der Waals surface area contributed by atoms with Crippen LogP contribution in [0.15, 0.2) is 30.3 Å². The van der Waals surface area contributed by atoms with Crippen LogP contribution in [0.1, 0.15) is 30.9 Å². The highest BCUT2D eigenvalue weighted by atomic mass is 35.5. The van der Waals surface area contributed by atoms with E-state index in [0.717, 1.165) is 43.5 Å². The molecule has 0 fully saturated rings. The molecule has 1 aliphatic rings. The zero-order chi connectivity index (χ0) is 27.1. The van der Waals surface area contributed by atoms with Crippen molar-refractivity contribution in [3.8, 4) is 17.2 Å². The van der Waals surface area contributed by atoms with Crippen molar-refractivity contribution < 1.29 is 23.8 Å². The summed E-state index contributed by atoms with van der Waals surface area (Å²) >= 11 is 12.5. The van der Waals surface area contributed by atoms with E-state index in [2.05, 4.69) is 11.8 Å². The molecule has 0 N–H and O–H groups in total. The van der Waals surface area contributed by atoms with Crippen molar-refractivity contribution >= 4 is 35.4 Å². The number of carbonyl (C=O) groups is 2. The molecule has 0 bridgehead atoms. The first kappa shape index (κ1) is 28.9. The fraction of sp³-hybridized carbons (Fsp3) is 0.481. The number of benzene rings is 2. The maximum Gasteiger partial charge on any atom is 0.414 e. The lowest BCUT2D eigenvalue weighted by atomic mass is 9.86. The number of hydrogen-bond donors (Lipinski definition) is 0. The van der Waals surface area contributed by atoms with Gasteiger partial charge in [-0.2, -0.15) is 0 Å². The smallest absolute Gasteiger partial charge is 0.414 e. The summed E-state index contributed by atoms with van der Waals surface area (Å²) in [4.78, 5) is 29.7. The van der Waals surface area contributed by atoms with Crippen LogP contribution < -0.4 is 14.2 Å². The Bertz CT molecular complexity index is 1090. The predicted molar refractivity (Wildman–Crippen MR) is 145 cm³/mol. The van der Waals surface area contributed by atoms with Gasteiger partial charge in [0.25, 0.3) is 0 Å². The number of ether oxygens (including phenoxy) is 3. The van der Waals surface area contributed by atoms with Crippen LogP contribution in [-0.2, 0) is 12.8 Å². The van der Waals surface area contributed by atoms with Gasteiger partial charge in [-0.1, -0.05) is 42.3 Å². The normalized spacial score (nSPS) is 14.6. The molecule has 2 amide bonds. The molecule has 2 aromatic carbocycles. The Morgan fingerprint density at radius 1 is 0.919 bits per heavy atom. The number of fused-ring (bicyclic) bond motifs is 1. The molecule has 2 aromatic rings. The molecule has 1 atom stereocenters. The van der Waals surface area contributed by atoms with E-state index in [1.165, 1.54) is 9.80 Å². The summed E-state index contributed by atoms with van der Waals surface area (Å²) in [6.45, 7) is 4.24. The Labute approximate surface area is 229 Å². The quantitative estimate of drug-likeness (QED) is 0.394. The van der Waals surface area contributed by atoms with Crippen LogP contribution in [0.4, 0.5) is 9.59 Å². The fourth-order valence-electron chi connectivity index (χ4n) is 4.30. The zero-order valence-electron chi connectivity index (χ0n) is 22.1. The topological polar surface area (TPSA) is 71.5 Å². The molecule has 0 saturated carbocycles. The van der Waals surface area contributed by atoms with Crippen molar-refractivity contribution in [2.75, 3.05) is 47.9 Å². The fourth-order valence-corrected chi connectivity index (χ4v) is 4.80. The van der Waals surface area contributed by atoms with Crippen molar-refractivity contribution in [3.05, 3.63) is 51.5 Å². The largest absolute Gasteiger partial charge is 0.489 e. The molecule has 1 unspecified atom stereocenters. The van der Waals surface area contributed by atoms with Gasteiger partial charge in [0.05, 0.1) is 10.0 Å². The van der Waals surface area contributed by atoms with Crippen LogP contribution in [0.5, 0.6) is 17.2 Å². The molecule has 0 heterocycles. The van der Waals surface area contributed by atoms with Crippen LogP contribution >= 0.6 is 23.2 Å². The summed E-state index contributed by atoms with van der Waals surface area (Å²) in [5, 5.41) is 0.985. The number of nitrogens with zero attached hydrogens (tertiary/aromatic N) is 3. The van der Waals surface area contributed by atoms with E-state index in [1.54, 1.807) is 52.5 Å². The summed E-state index contributed by atoms with van der Waals surface area (Å²) < 4.78 is 17.2. The monoisotopic (exact) mass is 551 g/mol. The third-order valence-electron chi connectivity index (χ3n) is 6.19. The van der Waals surface area contributed by atoms with Gasteiger partial charge in [-0.05, 0) is 56.0 Å². The van der Waals surface area contributed by atoms with Gasteiger partial charge < -0.3 is 24.0 Å². The van der Waals surface area contributed by atoms with E-state index in [-0.39, 0.29) is 11.8 Å². The van der Waals surface area contributed by atoms with Crippen LogP contribution in [0.3, 0.4) is 0 Å². The Morgan fingerprint density at radius 3 is 2.19 bits per heavy atom. The average molecular weight is 552 g/mol. The zero-order valence-corrected chi connectivity index (χ0v) is 23.6. The molecular formula is C27H35Cl2N3O5. The van der Waals surface area contributed by atoms with Crippen molar-refractivity contribution in [1.82, 2.24) is 14.7 Å². The maximum absolute atomic E-state index is 12.4. The number of carbonyl (C=O) groups excluding carboxylic acids is 2. The third-order valence-corrected chi connectivity index (χ3v) is 6.79. The standard InChI is InChI=1S/C27H35Cl2N3O5/c1-6-14-32(15-16-35-25-21(28)8-7-9-22(25)29)19-11-12-20-18(17-19)10-13-23(36-26(33)30(2)3)24(20)37-27(34)31(4)5/h7-10,13,19H,6,11-12,14-17H2,1-5H3. The number of para-hydroxylation sites is 1. The highest BCUT2D eigenvalue weighted by molar-refractivity contribution is 6.37. The Balaban J connectivity index is 1.78. The van der Waals surface area contributed by atoms with Crippen LogP contribution in [0.25, 0.3) is 0 Å². The van der Waals surface area contributed by atoms with E-state index >= 15 is 0 Å². The SMILES string of the molecule is CCCN(CCOc1c(Cl)cccc1Cl)C1CCc2c(ccc(OC(=O)N(C)C)c2OC(=O)N(C)C)C1. The first-order chi connectivity index (χ1) is 17.6. The lowest BCUT2D eigenvalue weighted by molar-refractivity contribution is 0.145. The van der Waals surface area contributed by atoms with Gasteiger partial charge in [-0.3, -0.25) is 4.90 Å². The molecule has 8 nitrogen and oxygen atoms in total. The lowest BCUT2D eigenvalue weighted by Crippen LogP contribution is -2.42. The highest BCUT2D eigenvalue weighted by Gasteiger charge is 2.29. The Hall–Kier alpha value is -2.68. The molecule has 1 aliphatic carbocycles. The second kappa shape index (κ2) is 13.2. The molecule has 0 spiro atoms. The number of rotatable bonds is 9. The van der Waals surface area contributed by atoms with E-state index in [1.807, 2.05) is 6.07 Å². The summed E-state index contributed by atoms with van der Waals surface area (Å²) in [6, 6.07) is 9.25. The molecule has 3 rings (SSSR count). The number of amides is 2. The number of hydrogen-bond acceptors (Lipinski definition) is 6. The molecule has 0 aromatic heterocycles. The van der Waals surface area contributed by atoms with Gasteiger partial charge in [-0.25, -0.2) is 9.59 Å². The molecule has 0 aliphatic heterocycles. The van der Waals surface area contributed by atoms with E-state index in [4.69, 9.17) is 37.4 Å². The van der Waals surface area contributed by atoms with Gasteiger partial charge in [0.15, 0.2) is 17.2 Å². The summed E-state index contributed by atoms with van der Waals surface area (Å²) in [7, 11) is 6.42. The molecular weight excluding hydrogens is 517 g/mol.